The van der Waals surface area contributed by atoms with Gasteiger partial charge in [-0.3, -0.25) is 4.79 Å². The molecule has 0 radical (unpaired) electrons. The SMILES string of the molecule is O=C([C@H]1C[C@H]1c1ccco1)N1CCC(c2nnc3n2CCC3)CC1. The highest BCUT2D eigenvalue weighted by Gasteiger charge is 2.48. The van der Waals surface area contributed by atoms with Gasteiger partial charge >= 0.3 is 0 Å². The molecule has 0 unspecified atom stereocenters. The largest absolute Gasteiger partial charge is 0.469 e. The average molecular weight is 326 g/mol. The van der Waals surface area contributed by atoms with Crippen molar-refractivity contribution in [3.05, 3.63) is 35.8 Å². The topological polar surface area (TPSA) is 64.2 Å². The molecule has 2 aromatic rings. The lowest BCUT2D eigenvalue weighted by Gasteiger charge is -2.31. The first-order valence-corrected chi connectivity index (χ1v) is 9.05. The average Bonchev–Trinajstić information content (AvgIpc) is 3.02. The summed E-state index contributed by atoms with van der Waals surface area (Å²) in [7, 11) is 0. The van der Waals surface area contributed by atoms with Gasteiger partial charge in [0.15, 0.2) is 0 Å². The molecule has 0 N–H and O–H groups in total. The Labute approximate surface area is 140 Å². The number of hydrogen-bond acceptors (Lipinski definition) is 4. The molecule has 1 saturated heterocycles. The van der Waals surface area contributed by atoms with E-state index >= 15 is 0 Å². The van der Waals surface area contributed by atoms with Crippen LogP contribution in [0.5, 0.6) is 0 Å². The van der Waals surface area contributed by atoms with Gasteiger partial charge in [0.2, 0.25) is 5.91 Å². The van der Waals surface area contributed by atoms with Crippen LogP contribution in [0.1, 0.15) is 54.9 Å². The Morgan fingerprint density at radius 2 is 2.08 bits per heavy atom. The molecule has 3 aliphatic rings. The Balaban J connectivity index is 1.21. The number of piperidine rings is 1. The Morgan fingerprint density at radius 3 is 2.88 bits per heavy atom. The maximum atomic E-state index is 12.7. The Hall–Kier alpha value is -2.11. The van der Waals surface area contributed by atoms with Gasteiger partial charge in [-0.1, -0.05) is 0 Å². The summed E-state index contributed by atoms with van der Waals surface area (Å²) in [6.07, 6.45) is 6.87. The Kier molecular flexibility index (Phi) is 3.24. The lowest BCUT2D eigenvalue weighted by Crippen LogP contribution is -2.39. The van der Waals surface area contributed by atoms with Crippen LogP contribution >= 0.6 is 0 Å². The number of likely N-dealkylation sites (tertiary alicyclic amines) is 1. The molecule has 2 fully saturated rings. The zero-order chi connectivity index (χ0) is 16.1. The van der Waals surface area contributed by atoms with Crippen molar-refractivity contribution in [1.29, 1.82) is 0 Å². The first-order chi connectivity index (χ1) is 11.8. The van der Waals surface area contributed by atoms with Gasteiger partial charge in [0, 0.05) is 43.8 Å². The molecule has 2 aromatic heterocycles. The molecular weight excluding hydrogens is 304 g/mol. The number of fused-ring (bicyclic) bond motifs is 1. The normalized spacial score (nSPS) is 26.6. The molecule has 2 aliphatic heterocycles. The van der Waals surface area contributed by atoms with Crippen LogP contribution in [0.2, 0.25) is 0 Å². The third-order valence-electron chi connectivity index (χ3n) is 5.83. The molecule has 0 bridgehead atoms. The molecule has 4 heterocycles. The summed E-state index contributed by atoms with van der Waals surface area (Å²) in [5, 5.41) is 8.75. The van der Waals surface area contributed by atoms with Crippen molar-refractivity contribution >= 4 is 5.91 Å². The van der Waals surface area contributed by atoms with Gasteiger partial charge < -0.3 is 13.9 Å². The van der Waals surface area contributed by atoms with Crippen molar-refractivity contribution in [3.8, 4) is 0 Å². The highest BCUT2D eigenvalue weighted by Crippen LogP contribution is 2.49. The molecule has 0 aromatic carbocycles. The number of rotatable bonds is 3. The van der Waals surface area contributed by atoms with E-state index in [1.54, 1.807) is 6.26 Å². The fraction of sp³-hybridized carbons (Fsp3) is 0.611. The third kappa shape index (κ3) is 2.27. The van der Waals surface area contributed by atoms with Gasteiger partial charge in [-0.25, -0.2) is 0 Å². The molecule has 0 spiro atoms. The minimum absolute atomic E-state index is 0.130. The quantitative estimate of drug-likeness (QED) is 0.868. The molecular formula is C18H22N4O2. The first-order valence-electron chi connectivity index (χ1n) is 9.05. The van der Waals surface area contributed by atoms with E-state index in [2.05, 4.69) is 14.8 Å². The highest BCUT2D eigenvalue weighted by atomic mass is 16.3. The summed E-state index contributed by atoms with van der Waals surface area (Å²) < 4.78 is 7.75. The Bertz CT molecular complexity index is 743. The second kappa shape index (κ2) is 5.46. The van der Waals surface area contributed by atoms with Crippen LogP contribution < -0.4 is 0 Å². The molecule has 126 valence electrons. The van der Waals surface area contributed by atoms with Gasteiger partial charge in [0.05, 0.1) is 6.26 Å². The van der Waals surface area contributed by atoms with Crippen molar-refractivity contribution in [3.63, 3.8) is 0 Å². The van der Waals surface area contributed by atoms with Crippen LogP contribution in [-0.2, 0) is 17.8 Å². The van der Waals surface area contributed by atoms with Crippen molar-refractivity contribution < 1.29 is 9.21 Å². The van der Waals surface area contributed by atoms with E-state index in [4.69, 9.17) is 4.42 Å². The maximum absolute atomic E-state index is 12.7. The van der Waals surface area contributed by atoms with Gasteiger partial charge in [-0.15, -0.1) is 10.2 Å². The van der Waals surface area contributed by atoms with E-state index in [1.807, 2.05) is 17.0 Å². The summed E-state index contributed by atoms with van der Waals surface area (Å²) >= 11 is 0. The lowest BCUT2D eigenvalue weighted by molar-refractivity contribution is -0.133. The van der Waals surface area contributed by atoms with E-state index in [-0.39, 0.29) is 5.92 Å². The van der Waals surface area contributed by atoms with Crippen LogP contribution in [0.4, 0.5) is 0 Å². The van der Waals surface area contributed by atoms with Crippen LogP contribution in [0.15, 0.2) is 22.8 Å². The van der Waals surface area contributed by atoms with Crippen molar-refractivity contribution in [2.45, 2.75) is 50.5 Å². The monoisotopic (exact) mass is 326 g/mol. The summed E-state index contributed by atoms with van der Waals surface area (Å²) in [6, 6.07) is 3.88. The molecule has 1 amide bonds. The third-order valence-corrected chi connectivity index (χ3v) is 5.83. The summed E-state index contributed by atoms with van der Waals surface area (Å²) in [5.41, 5.74) is 0. The smallest absolute Gasteiger partial charge is 0.226 e. The van der Waals surface area contributed by atoms with E-state index in [1.165, 1.54) is 6.42 Å². The van der Waals surface area contributed by atoms with Gasteiger partial charge in [0.1, 0.15) is 17.4 Å². The summed E-state index contributed by atoms with van der Waals surface area (Å²) in [5.74, 6) is 4.43. The lowest BCUT2D eigenvalue weighted by atomic mass is 9.95. The van der Waals surface area contributed by atoms with Gasteiger partial charge in [0.25, 0.3) is 0 Å². The van der Waals surface area contributed by atoms with Crippen molar-refractivity contribution in [2.24, 2.45) is 5.92 Å². The number of furan rings is 1. The first kappa shape index (κ1) is 14.3. The summed E-state index contributed by atoms with van der Waals surface area (Å²) in [4.78, 5) is 14.7. The second-order valence-electron chi connectivity index (χ2n) is 7.29. The maximum Gasteiger partial charge on any atom is 0.226 e. The van der Waals surface area contributed by atoms with Gasteiger partial charge in [-0.05, 0) is 37.8 Å². The minimum atomic E-state index is 0.130. The fourth-order valence-electron chi connectivity index (χ4n) is 4.35. The van der Waals surface area contributed by atoms with E-state index < -0.39 is 0 Å². The fourth-order valence-corrected chi connectivity index (χ4v) is 4.35. The molecule has 1 saturated carbocycles. The molecule has 5 rings (SSSR count). The zero-order valence-corrected chi connectivity index (χ0v) is 13.7. The Morgan fingerprint density at radius 1 is 1.21 bits per heavy atom. The predicted octanol–water partition coefficient (Wildman–Crippen LogP) is 2.33. The number of aromatic nitrogens is 3. The number of carbonyl (C=O) groups excluding carboxylic acids is 1. The minimum Gasteiger partial charge on any atom is -0.469 e. The number of nitrogens with zero attached hydrogens (tertiary/aromatic N) is 4. The number of carbonyl (C=O) groups is 1. The second-order valence-corrected chi connectivity index (χ2v) is 7.29. The zero-order valence-electron chi connectivity index (χ0n) is 13.7. The van der Waals surface area contributed by atoms with Crippen LogP contribution in [-0.4, -0.2) is 38.7 Å². The van der Waals surface area contributed by atoms with Crippen LogP contribution in [0.25, 0.3) is 0 Å². The van der Waals surface area contributed by atoms with E-state index in [9.17, 15) is 4.79 Å². The van der Waals surface area contributed by atoms with E-state index in [0.29, 0.717) is 17.7 Å². The van der Waals surface area contributed by atoms with E-state index in [0.717, 1.165) is 62.7 Å². The number of aryl methyl sites for hydroxylation is 1. The number of hydrogen-bond donors (Lipinski definition) is 0. The van der Waals surface area contributed by atoms with Crippen LogP contribution in [0, 0.1) is 5.92 Å². The predicted molar refractivity (Wildman–Crippen MR) is 86.5 cm³/mol. The van der Waals surface area contributed by atoms with Crippen LogP contribution in [0.3, 0.4) is 0 Å². The molecule has 6 heteroatoms. The summed E-state index contributed by atoms with van der Waals surface area (Å²) in [6.45, 7) is 2.74. The molecule has 2 atom stereocenters. The van der Waals surface area contributed by atoms with Gasteiger partial charge in [-0.2, -0.15) is 0 Å². The van der Waals surface area contributed by atoms with Crippen molar-refractivity contribution in [1.82, 2.24) is 19.7 Å². The molecule has 24 heavy (non-hydrogen) atoms. The molecule has 1 aliphatic carbocycles. The van der Waals surface area contributed by atoms with Crippen molar-refractivity contribution in [2.75, 3.05) is 13.1 Å². The highest BCUT2D eigenvalue weighted by molar-refractivity contribution is 5.83. The number of amides is 1. The molecule has 6 nitrogen and oxygen atoms in total. The standard InChI is InChI=1S/C18H22N4O2/c23-18(14-11-13(14)15-3-2-10-24-15)21-8-5-12(6-9-21)17-20-19-16-4-1-7-22(16)17/h2-3,10,12-14H,1,4-9,11H2/t13-,14+/m1/s1.